The van der Waals surface area contributed by atoms with Crippen LogP contribution in [0.5, 0.6) is 0 Å². The number of carbonyl (C=O) groups is 1. The quantitative estimate of drug-likeness (QED) is 0.769. The minimum atomic E-state index is -1.07. The van der Waals surface area contributed by atoms with Crippen LogP contribution in [0, 0.1) is 0 Å². The van der Waals surface area contributed by atoms with Gasteiger partial charge in [0, 0.05) is 13.0 Å². The van der Waals surface area contributed by atoms with Gasteiger partial charge in [-0.15, -0.1) is 5.10 Å². The van der Waals surface area contributed by atoms with Crippen LogP contribution in [0.15, 0.2) is 30.5 Å². The number of hydrogen-bond donors (Lipinski definition) is 1. The van der Waals surface area contributed by atoms with Crippen LogP contribution < -0.4 is 0 Å². The SMILES string of the molecule is CCc1nc2ccccc2n1CCn1cc(C(=O)O)nn1. The number of aryl methyl sites for hydroxylation is 3. The van der Waals surface area contributed by atoms with Gasteiger partial charge in [-0.1, -0.05) is 24.3 Å². The van der Waals surface area contributed by atoms with E-state index in [1.54, 1.807) is 0 Å². The number of para-hydroxylation sites is 2. The van der Waals surface area contributed by atoms with Crippen LogP contribution in [0.25, 0.3) is 11.0 Å². The number of imidazole rings is 1. The number of carboxylic acid groups (broad SMARTS) is 1. The fourth-order valence-corrected chi connectivity index (χ4v) is 2.35. The Morgan fingerprint density at radius 3 is 2.81 bits per heavy atom. The smallest absolute Gasteiger partial charge is 0.358 e. The fraction of sp³-hybridized carbons (Fsp3) is 0.286. The molecule has 1 aromatic carbocycles. The summed E-state index contributed by atoms with van der Waals surface area (Å²) in [5.74, 6) is -0.0571. The van der Waals surface area contributed by atoms with Crippen LogP contribution in [0.1, 0.15) is 23.2 Å². The van der Waals surface area contributed by atoms with Gasteiger partial charge in [0.2, 0.25) is 0 Å². The highest BCUT2D eigenvalue weighted by Crippen LogP contribution is 2.16. The van der Waals surface area contributed by atoms with E-state index in [-0.39, 0.29) is 5.69 Å². The molecule has 0 atom stereocenters. The van der Waals surface area contributed by atoms with Crippen molar-refractivity contribution in [3.63, 3.8) is 0 Å². The van der Waals surface area contributed by atoms with Crippen molar-refractivity contribution in [1.82, 2.24) is 24.5 Å². The third-order valence-corrected chi connectivity index (χ3v) is 3.36. The normalized spacial score (nSPS) is 11.1. The number of carboxylic acids is 1. The molecular weight excluding hydrogens is 270 g/mol. The van der Waals surface area contributed by atoms with Crippen molar-refractivity contribution in [2.24, 2.45) is 0 Å². The average molecular weight is 285 g/mol. The predicted molar refractivity (Wildman–Crippen MR) is 76.1 cm³/mol. The second-order valence-corrected chi connectivity index (χ2v) is 4.69. The highest BCUT2D eigenvalue weighted by molar-refractivity contribution is 5.84. The molecule has 21 heavy (non-hydrogen) atoms. The number of aromatic carboxylic acids is 1. The maximum Gasteiger partial charge on any atom is 0.358 e. The lowest BCUT2D eigenvalue weighted by Gasteiger charge is -2.07. The summed E-state index contributed by atoms with van der Waals surface area (Å²) in [6, 6.07) is 7.97. The van der Waals surface area contributed by atoms with Crippen molar-refractivity contribution in [3.8, 4) is 0 Å². The molecule has 0 fully saturated rings. The highest BCUT2D eigenvalue weighted by Gasteiger charge is 2.11. The molecule has 3 aromatic rings. The zero-order valence-electron chi connectivity index (χ0n) is 11.6. The summed E-state index contributed by atoms with van der Waals surface area (Å²) < 4.78 is 3.68. The van der Waals surface area contributed by atoms with E-state index < -0.39 is 5.97 Å². The first kappa shape index (κ1) is 13.3. The van der Waals surface area contributed by atoms with Crippen molar-refractivity contribution in [1.29, 1.82) is 0 Å². The van der Waals surface area contributed by atoms with Gasteiger partial charge in [-0.05, 0) is 12.1 Å². The van der Waals surface area contributed by atoms with Gasteiger partial charge in [-0.25, -0.2) is 14.5 Å². The molecule has 2 aromatic heterocycles. The van der Waals surface area contributed by atoms with E-state index in [9.17, 15) is 4.79 Å². The Kier molecular flexibility index (Phi) is 3.39. The fourth-order valence-electron chi connectivity index (χ4n) is 2.35. The number of hydrogen-bond acceptors (Lipinski definition) is 4. The summed E-state index contributed by atoms with van der Waals surface area (Å²) in [7, 11) is 0. The molecule has 0 spiro atoms. The van der Waals surface area contributed by atoms with E-state index in [2.05, 4.69) is 26.8 Å². The van der Waals surface area contributed by atoms with Crippen molar-refractivity contribution in [2.75, 3.05) is 0 Å². The molecule has 2 heterocycles. The zero-order chi connectivity index (χ0) is 14.8. The van der Waals surface area contributed by atoms with Crippen LogP contribution in [-0.2, 0) is 19.5 Å². The minimum absolute atomic E-state index is 0.0406. The maximum atomic E-state index is 10.8. The van der Waals surface area contributed by atoms with Gasteiger partial charge in [-0.3, -0.25) is 0 Å². The molecule has 3 rings (SSSR count). The molecule has 0 saturated heterocycles. The predicted octanol–water partition coefficient (Wildman–Crippen LogP) is 1.59. The number of aromatic nitrogens is 5. The maximum absolute atomic E-state index is 10.8. The van der Waals surface area contributed by atoms with Gasteiger partial charge < -0.3 is 9.67 Å². The van der Waals surface area contributed by atoms with Crippen LogP contribution in [0.2, 0.25) is 0 Å². The monoisotopic (exact) mass is 285 g/mol. The molecule has 0 saturated carbocycles. The molecule has 0 aliphatic heterocycles. The van der Waals surface area contributed by atoms with Crippen LogP contribution in [-0.4, -0.2) is 35.6 Å². The topological polar surface area (TPSA) is 85.8 Å². The Morgan fingerprint density at radius 2 is 2.10 bits per heavy atom. The van der Waals surface area contributed by atoms with Gasteiger partial charge in [0.05, 0.1) is 23.8 Å². The number of fused-ring (bicyclic) bond motifs is 1. The van der Waals surface area contributed by atoms with E-state index in [0.29, 0.717) is 13.1 Å². The molecule has 0 aliphatic carbocycles. The summed E-state index contributed by atoms with van der Waals surface area (Å²) in [5.41, 5.74) is 2.01. The third-order valence-electron chi connectivity index (χ3n) is 3.36. The molecule has 0 amide bonds. The molecule has 0 aliphatic rings. The summed E-state index contributed by atoms with van der Waals surface area (Å²) in [6.45, 7) is 3.29. The van der Waals surface area contributed by atoms with E-state index in [1.807, 2.05) is 24.3 Å². The largest absolute Gasteiger partial charge is 0.476 e. The summed E-state index contributed by atoms with van der Waals surface area (Å²) >= 11 is 0. The van der Waals surface area contributed by atoms with E-state index in [4.69, 9.17) is 5.11 Å². The molecular formula is C14H15N5O2. The Morgan fingerprint density at radius 1 is 1.29 bits per heavy atom. The van der Waals surface area contributed by atoms with Gasteiger partial charge in [0.1, 0.15) is 5.82 Å². The standard InChI is InChI=1S/C14H15N5O2/c1-2-13-15-10-5-3-4-6-12(10)19(13)8-7-18-9-11(14(20)21)16-17-18/h3-6,9H,2,7-8H2,1H3,(H,20,21). The highest BCUT2D eigenvalue weighted by atomic mass is 16.4. The van der Waals surface area contributed by atoms with Crippen molar-refractivity contribution in [3.05, 3.63) is 42.0 Å². The van der Waals surface area contributed by atoms with Crippen molar-refractivity contribution in [2.45, 2.75) is 26.4 Å². The lowest BCUT2D eigenvalue weighted by Crippen LogP contribution is -2.10. The lowest BCUT2D eigenvalue weighted by molar-refractivity contribution is 0.0690. The van der Waals surface area contributed by atoms with Gasteiger partial charge >= 0.3 is 5.97 Å². The first-order valence-corrected chi connectivity index (χ1v) is 6.76. The van der Waals surface area contributed by atoms with Gasteiger partial charge in [0.25, 0.3) is 0 Å². The first-order valence-electron chi connectivity index (χ1n) is 6.76. The first-order chi connectivity index (χ1) is 10.2. The van der Waals surface area contributed by atoms with Crippen LogP contribution in [0.4, 0.5) is 0 Å². The third kappa shape index (κ3) is 2.49. The molecule has 0 bridgehead atoms. The molecule has 7 nitrogen and oxygen atoms in total. The van der Waals surface area contributed by atoms with E-state index in [0.717, 1.165) is 23.3 Å². The van der Waals surface area contributed by atoms with E-state index >= 15 is 0 Å². The minimum Gasteiger partial charge on any atom is -0.476 e. The molecule has 108 valence electrons. The average Bonchev–Trinajstić information content (AvgIpc) is 3.09. The number of rotatable bonds is 5. The van der Waals surface area contributed by atoms with Gasteiger partial charge in [0.15, 0.2) is 5.69 Å². The van der Waals surface area contributed by atoms with Gasteiger partial charge in [-0.2, -0.15) is 0 Å². The number of benzene rings is 1. The Labute approximate surface area is 120 Å². The Bertz CT molecular complexity index is 790. The Balaban J connectivity index is 1.85. The number of nitrogens with zero attached hydrogens (tertiary/aromatic N) is 5. The second kappa shape index (κ2) is 5.35. The summed E-state index contributed by atoms with van der Waals surface area (Å²) in [4.78, 5) is 15.4. The van der Waals surface area contributed by atoms with Crippen molar-refractivity contribution >= 4 is 17.0 Å². The molecule has 1 N–H and O–H groups in total. The summed E-state index contributed by atoms with van der Waals surface area (Å²) in [6.07, 6.45) is 2.28. The van der Waals surface area contributed by atoms with Crippen LogP contribution >= 0.6 is 0 Å². The van der Waals surface area contributed by atoms with E-state index in [1.165, 1.54) is 10.9 Å². The second-order valence-electron chi connectivity index (χ2n) is 4.69. The van der Waals surface area contributed by atoms with Crippen LogP contribution in [0.3, 0.4) is 0 Å². The molecule has 7 heteroatoms. The zero-order valence-corrected chi connectivity index (χ0v) is 11.6. The molecule has 0 unspecified atom stereocenters. The van der Waals surface area contributed by atoms with Crippen molar-refractivity contribution < 1.29 is 9.90 Å². The lowest BCUT2D eigenvalue weighted by atomic mass is 10.3. The summed E-state index contributed by atoms with van der Waals surface area (Å²) in [5, 5.41) is 16.3. The Hall–Kier alpha value is -2.70. The molecule has 0 radical (unpaired) electrons.